The Labute approximate surface area is 107 Å². The van der Waals surface area contributed by atoms with Crippen LogP contribution in [0.1, 0.15) is 5.56 Å². The van der Waals surface area contributed by atoms with Crippen molar-refractivity contribution in [2.75, 3.05) is 5.32 Å². The average molecular weight is 291 g/mol. The van der Waals surface area contributed by atoms with Crippen LogP contribution in [0.3, 0.4) is 0 Å². The zero-order chi connectivity index (χ0) is 12.3. The van der Waals surface area contributed by atoms with Gasteiger partial charge in [0.2, 0.25) is 0 Å². The molecule has 17 heavy (non-hydrogen) atoms. The molecule has 0 aliphatic rings. The normalized spacial score (nSPS) is 9.71. The van der Waals surface area contributed by atoms with Gasteiger partial charge in [0.15, 0.2) is 0 Å². The van der Waals surface area contributed by atoms with Crippen LogP contribution in [0, 0.1) is 17.1 Å². The number of nitriles is 1. The lowest BCUT2D eigenvalue weighted by Gasteiger charge is -2.07. The minimum absolute atomic E-state index is 0.346. The lowest BCUT2D eigenvalue weighted by Crippen LogP contribution is -1.93. The summed E-state index contributed by atoms with van der Waals surface area (Å²) in [4.78, 5) is 0. The fourth-order valence-electron chi connectivity index (χ4n) is 1.41. The Kier molecular flexibility index (Phi) is 3.40. The minimum atomic E-state index is -0.346. The molecular formula is C13H8BrFN2. The van der Waals surface area contributed by atoms with E-state index in [0.717, 1.165) is 0 Å². The van der Waals surface area contributed by atoms with Crippen molar-refractivity contribution < 1.29 is 4.39 Å². The Hall–Kier alpha value is -1.86. The van der Waals surface area contributed by atoms with Gasteiger partial charge in [0.25, 0.3) is 0 Å². The molecule has 84 valence electrons. The van der Waals surface area contributed by atoms with Crippen molar-refractivity contribution in [1.82, 2.24) is 0 Å². The highest BCUT2D eigenvalue weighted by atomic mass is 79.9. The molecule has 2 rings (SSSR count). The third-order valence-electron chi connectivity index (χ3n) is 2.20. The van der Waals surface area contributed by atoms with Crippen LogP contribution < -0.4 is 5.32 Å². The summed E-state index contributed by atoms with van der Waals surface area (Å²) >= 11 is 3.19. The molecule has 2 aromatic carbocycles. The Morgan fingerprint density at radius 1 is 1.18 bits per heavy atom. The van der Waals surface area contributed by atoms with Crippen molar-refractivity contribution in [3.8, 4) is 6.07 Å². The topological polar surface area (TPSA) is 35.8 Å². The Morgan fingerprint density at radius 3 is 2.71 bits per heavy atom. The second kappa shape index (κ2) is 4.98. The SMILES string of the molecule is N#Cc1cccc(Nc2ccc(Br)cc2F)c1. The van der Waals surface area contributed by atoms with E-state index in [0.29, 0.717) is 21.4 Å². The molecule has 0 unspecified atom stereocenters. The number of nitrogens with one attached hydrogen (secondary N) is 1. The maximum atomic E-state index is 13.6. The minimum Gasteiger partial charge on any atom is -0.353 e. The number of benzene rings is 2. The first kappa shape index (κ1) is 11.6. The van der Waals surface area contributed by atoms with Crippen LogP contribution in [0.25, 0.3) is 0 Å². The zero-order valence-electron chi connectivity index (χ0n) is 8.74. The molecule has 1 N–H and O–H groups in total. The zero-order valence-corrected chi connectivity index (χ0v) is 10.3. The first-order valence-corrected chi connectivity index (χ1v) is 5.70. The number of anilines is 2. The van der Waals surface area contributed by atoms with E-state index in [1.807, 2.05) is 6.07 Å². The van der Waals surface area contributed by atoms with Gasteiger partial charge in [0.1, 0.15) is 5.82 Å². The first-order valence-electron chi connectivity index (χ1n) is 4.91. The molecule has 0 spiro atoms. The number of rotatable bonds is 2. The van der Waals surface area contributed by atoms with Crippen molar-refractivity contribution in [2.45, 2.75) is 0 Å². The molecule has 2 aromatic rings. The quantitative estimate of drug-likeness (QED) is 0.900. The highest BCUT2D eigenvalue weighted by Crippen LogP contribution is 2.23. The molecule has 4 heteroatoms. The highest BCUT2D eigenvalue weighted by molar-refractivity contribution is 9.10. The van der Waals surface area contributed by atoms with E-state index in [2.05, 4.69) is 21.2 Å². The highest BCUT2D eigenvalue weighted by Gasteiger charge is 2.03. The molecule has 0 atom stereocenters. The summed E-state index contributed by atoms with van der Waals surface area (Å²) in [5.74, 6) is -0.346. The monoisotopic (exact) mass is 290 g/mol. The molecule has 0 radical (unpaired) electrons. The van der Waals surface area contributed by atoms with Gasteiger partial charge in [0, 0.05) is 10.2 Å². The van der Waals surface area contributed by atoms with Crippen molar-refractivity contribution in [1.29, 1.82) is 5.26 Å². The first-order chi connectivity index (χ1) is 8.19. The lowest BCUT2D eigenvalue weighted by molar-refractivity contribution is 0.631. The van der Waals surface area contributed by atoms with Crippen molar-refractivity contribution in [2.24, 2.45) is 0 Å². The van der Waals surface area contributed by atoms with Gasteiger partial charge in [-0.25, -0.2) is 4.39 Å². The lowest BCUT2D eigenvalue weighted by atomic mass is 10.2. The molecule has 0 aromatic heterocycles. The standard InChI is InChI=1S/C13H8BrFN2/c14-10-4-5-13(12(15)7-10)17-11-3-1-2-9(6-11)8-16/h1-7,17H. The maximum absolute atomic E-state index is 13.6. The van der Waals surface area contributed by atoms with Gasteiger partial charge >= 0.3 is 0 Å². The summed E-state index contributed by atoms with van der Waals surface area (Å²) in [5.41, 5.74) is 1.60. The summed E-state index contributed by atoms with van der Waals surface area (Å²) in [5, 5.41) is 11.7. The summed E-state index contributed by atoms with van der Waals surface area (Å²) in [6.45, 7) is 0. The molecule has 0 heterocycles. The van der Waals surface area contributed by atoms with Crippen LogP contribution in [-0.2, 0) is 0 Å². The van der Waals surface area contributed by atoms with Crippen LogP contribution in [-0.4, -0.2) is 0 Å². The van der Waals surface area contributed by atoms with Gasteiger partial charge in [-0.05, 0) is 36.4 Å². The van der Waals surface area contributed by atoms with Crippen LogP contribution in [0.2, 0.25) is 0 Å². The molecule has 0 bridgehead atoms. The molecule has 0 fully saturated rings. The van der Waals surface area contributed by atoms with E-state index in [-0.39, 0.29) is 5.82 Å². The van der Waals surface area contributed by atoms with E-state index in [9.17, 15) is 4.39 Å². The average Bonchev–Trinajstić information content (AvgIpc) is 2.33. The second-order valence-electron chi connectivity index (χ2n) is 3.44. The Bertz CT molecular complexity index is 590. The van der Waals surface area contributed by atoms with Crippen molar-refractivity contribution in [3.63, 3.8) is 0 Å². The Balaban J connectivity index is 2.28. The predicted molar refractivity (Wildman–Crippen MR) is 68.5 cm³/mol. The Morgan fingerprint density at radius 2 is 2.00 bits per heavy atom. The fourth-order valence-corrected chi connectivity index (χ4v) is 1.75. The number of hydrogen-bond donors (Lipinski definition) is 1. The van der Waals surface area contributed by atoms with Gasteiger partial charge in [-0.15, -0.1) is 0 Å². The second-order valence-corrected chi connectivity index (χ2v) is 4.36. The van der Waals surface area contributed by atoms with Crippen molar-refractivity contribution in [3.05, 3.63) is 58.3 Å². The molecule has 0 saturated heterocycles. The third-order valence-corrected chi connectivity index (χ3v) is 2.70. The fraction of sp³-hybridized carbons (Fsp3) is 0. The van der Waals surface area contributed by atoms with Crippen LogP contribution in [0.5, 0.6) is 0 Å². The van der Waals surface area contributed by atoms with E-state index < -0.39 is 0 Å². The number of halogens is 2. The van der Waals surface area contributed by atoms with Gasteiger partial charge in [-0.3, -0.25) is 0 Å². The summed E-state index contributed by atoms with van der Waals surface area (Å²) in [6.07, 6.45) is 0. The van der Waals surface area contributed by atoms with Crippen LogP contribution >= 0.6 is 15.9 Å². The smallest absolute Gasteiger partial charge is 0.147 e. The van der Waals surface area contributed by atoms with Crippen LogP contribution in [0.15, 0.2) is 46.9 Å². The third kappa shape index (κ3) is 2.83. The summed E-state index contributed by atoms with van der Waals surface area (Å²) in [7, 11) is 0. The largest absolute Gasteiger partial charge is 0.353 e. The predicted octanol–water partition coefficient (Wildman–Crippen LogP) is 4.20. The molecular weight excluding hydrogens is 283 g/mol. The van der Waals surface area contributed by atoms with Gasteiger partial charge in [-0.2, -0.15) is 5.26 Å². The van der Waals surface area contributed by atoms with E-state index >= 15 is 0 Å². The van der Waals surface area contributed by atoms with E-state index in [1.54, 1.807) is 36.4 Å². The van der Waals surface area contributed by atoms with Crippen molar-refractivity contribution >= 4 is 27.3 Å². The van der Waals surface area contributed by atoms with Crippen LogP contribution in [0.4, 0.5) is 15.8 Å². The molecule has 2 nitrogen and oxygen atoms in total. The molecule has 0 amide bonds. The molecule has 0 aliphatic heterocycles. The molecule has 0 aliphatic carbocycles. The number of nitrogens with zero attached hydrogens (tertiary/aromatic N) is 1. The van der Waals surface area contributed by atoms with Gasteiger partial charge in [-0.1, -0.05) is 22.0 Å². The summed E-state index contributed by atoms with van der Waals surface area (Å²) < 4.78 is 14.2. The van der Waals surface area contributed by atoms with E-state index in [4.69, 9.17) is 5.26 Å². The number of hydrogen-bond acceptors (Lipinski definition) is 2. The van der Waals surface area contributed by atoms with Gasteiger partial charge in [0.05, 0.1) is 17.3 Å². The molecule has 0 saturated carbocycles. The van der Waals surface area contributed by atoms with E-state index in [1.165, 1.54) is 6.07 Å². The maximum Gasteiger partial charge on any atom is 0.147 e. The van der Waals surface area contributed by atoms with Gasteiger partial charge < -0.3 is 5.32 Å². The summed E-state index contributed by atoms with van der Waals surface area (Å²) in [6, 6.07) is 13.7.